The Balaban J connectivity index is 2.69. The van der Waals surface area contributed by atoms with Crippen LogP contribution in [0, 0.1) is 11.3 Å². The molecule has 78 valence electrons. The summed E-state index contributed by atoms with van der Waals surface area (Å²) < 4.78 is 0. The summed E-state index contributed by atoms with van der Waals surface area (Å²) in [7, 11) is 2.01. The highest BCUT2D eigenvalue weighted by molar-refractivity contribution is 5.58. The van der Waals surface area contributed by atoms with Crippen molar-refractivity contribution in [2.24, 2.45) is 0 Å². The molecule has 0 N–H and O–H groups in total. The van der Waals surface area contributed by atoms with Crippen LogP contribution in [-0.4, -0.2) is 13.6 Å². The molecule has 0 saturated heterocycles. The summed E-state index contributed by atoms with van der Waals surface area (Å²) in [5, 5.41) is 8.95. The number of para-hydroxylation sites is 1. The minimum absolute atomic E-state index is 0.735. The minimum Gasteiger partial charge on any atom is -0.374 e. The number of allylic oxidation sites excluding steroid dienone is 1. The number of anilines is 1. The van der Waals surface area contributed by atoms with E-state index >= 15 is 0 Å². The smallest absolute Gasteiger partial charge is 0.101 e. The van der Waals surface area contributed by atoms with Crippen LogP contribution in [-0.2, 0) is 0 Å². The largest absolute Gasteiger partial charge is 0.374 e. The van der Waals surface area contributed by atoms with Gasteiger partial charge < -0.3 is 4.90 Å². The number of rotatable bonds is 5. The third-order valence-corrected chi connectivity index (χ3v) is 2.34. The fraction of sp³-hybridized carbons (Fsp3) is 0.308. The van der Waals surface area contributed by atoms with Crippen molar-refractivity contribution in [1.29, 1.82) is 5.26 Å². The number of hydrogen-bond donors (Lipinski definition) is 0. The Bertz CT molecular complexity index is 363. The highest BCUT2D eigenvalue weighted by Gasteiger charge is 2.04. The van der Waals surface area contributed by atoms with E-state index in [1.165, 1.54) is 0 Å². The third-order valence-electron chi connectivity index (χ3n) is 2.34. The van der Waals surface area contributed by atoms with Crippen molar-refractivity contribution in [3.05, 3.63) is 42.5 Å². The van der Waals surface area contributed by atoms with Crippen LogP contribution in [0.1, 0.15) is 18.4 Å². The van der Waals surface area contributed by atoms with E-state index in [2.05, 4.69) is 17.5 Å². The normalized spacial score (nSPS) is 9.33. The number of benzene rings is 1. The number of unbranched alkanes of at least 4 members (excludes halogenated alkanes) is 1. The Morgan fingerprint density at radius 3 is 2.87 bits per heavy atom. The van der Waals surface area contributed by atoms with Crippen LogP contribution in [0.4, 0.5) is 5.69 Å². The molecule has 0 unspecified atom stereocenters. The van der Waals surface area contributed by atoms with Gasteiger partial charge in [-0.05, 0) is 25.0 Å². The van der Waals surface area contributed by atoms with Gasteiger partial charge in [-0.3, -0.25) is 0 Å². The topological polar surface area (TPSA) is 27.0 Å². The molecule has 0 aromatic heterocycles. The molecule has 0 radical (unpaired) electrons. The zero-order valence-electron chi connectivity index (χ0n) is 9.11. The first kappa shape index (κ1) is 11.3. The molecule has 0 fully saturated rings. The van der Waals surface area contributed by atoms with Crippen LogP contribution in [0.2, 0.25) is 0 Å². The minimum atomic E-state index is 0.735. The van der Waals surface area contributed by atoms with Crippen molar-refractivity contribution in [3.8, 4) is 6.07 Å². The van der Waals surface area contributed by atoms with Crippen LogP contribution in [0.3, 0.4) is 0 Å². The van der Waals surface area contributed by atoms with Crippen molar-refractivity contribution in [2.75, 3.05) is 18.5 Å². The third kappa shape index (κ3) is 3.14. The monoisotopic (exact) mass is 200 g/mol. The SMILES string of the molecule is C=CCCCN(C)c1ccccc1C#N. The Kier molecular flexibility index (Phi) is 4.43. The van der Waals surface area contributed by atoms with E-state index in [4.69, 9.17) is 5.26 Å². The second-order valence-corrected chi connectivity index (χ2v) is 3.48. The van der Waals surface area contributed by atoms with E-state index in [1.807, 2.05) is 37.4 Å². The van der Waals surface area contributed by atoms with Gasteiger partial charge >= 0.3 is 0 Å². The first-order chi connectivity index (χ1) is 7.29. The quantitative estimate of drug-likeness (QED) is 0.539. The van der Waals surface area contributed by atoms with Crippen molar-refractivity contribution in [1.82, 2.24) is 0 Å². The second-order valence-electron chi connectivity index (χ2n) is 3.48. The fourth-order valence-electron chi connectivity index (χ4n) is 1.49. The molecule has 0 amide bonds. The maximum Gasteiger partial charge on any atom is 0.101 e. The molecule has 0 aliphatic heterocycles. The van der Waals surface area contributed by atoms with Gasteiger partial charge in [0.05, 0.1) is 11.3 Å². The van der Waals surface area contributed by atoms with Crippen LogP contribution in [0.5, 0.6) is 0 Å². The molecule has 2 heteroatoms. The molecular weight excluding hydrogens is 184 g/mol. The lowest BCUT2D eigenvalue weighted by atomic mass is 10.1. The molecule has 0 atom stereocenters. The van der Waals surface area contributed by atoms with Crippen molar-refractivity contribution in [2.45, 2.75) is 12.8 Å². The summed E-state index contributed by atoms with van der Waals surface area (Å²) in [6.07, 6.45) is 4.00. The van der Waals surface area contributed by atoms with Crippen molar-refractivity contribution < 1.29 is 0 Å². The van der Waals surface area contributed by atoms with E-state index < -0.39 is 0 Å². The molecular formula is C13H16N2. The zero-order valence-corrected chi connectivity index (χ0v) is 9.11. The molecule has 1 rings (SSSR count). The average molecular weight is 200 g/mol. The molecule has 0 heterocycles. The number of nitriles is 1. The Morgan fingerprint density at radius 2 is 2.20 bits per heavy atom. The van der Waals surface area contributed by atoms with Gasteiger partial charge in [-0.2, -0.15) is 5.26 Å². The summed E-state index contributed by atoms with van der Waals surface area (Å²) in [6, 6.07) is 9.88. The van der Waals surface area contributed by atoms with Crippen molar-refractivity contribution >= 4 is 5.69 Å². The fourth-order valence-corrected chi connectivity index (χ4v) is 1.49. The summed E-state index contributed by atoms with van der Waals surface area (Å²) in [4.78, 5) is 2.11. The van der Waals surface area contributed by atoms with Crippen LogP contribution in [0.25, 0.3) is 0 Å². The van der Waals surface area contributed by atoms with Gasteiger partial charge in [-0.25, -0.2) is 0 Å². The van der Waals surface area contributed by atoms with Gasteiger partial charge in [-0.15, -0.1) is 6.58 Å². The zero-order chi connectivity index (χ0) is 11.1. The van der Waals surface area contributed by atoms with Crippen LogP contribution in [0.15, 0.2) is 36.9 Å². The molecule has 2 nitrogen and oxygen atoms in total. The van der Waals surface area contributed by atoms with Crippen LogP contribution >= 0.6 is 0 Å². The highest BCUT2D eigenvalue weighted by Crippen LogP contribution is 2.18. The predicted octanol–water partition coefficient (Wildman–Crippen LogP) is 2.96. The first-order valence-corrected chi connectivity index (χ1v) is 5.10. The highest BCUT2D eigenvalue weighted by atomic mass is 15.1. The lowest BCUT2D eigenvalue weighted by molar-refractivity contribution is 0.801. The Morgan fingerprint density at radius 1 is 1.47 bits per heavy atom. The predicted molar refractivity (Wildman–Crippen MR) is 63.9 cm³/mol. The summed E-state index contributed by atoms with van der Waals surface area (Å²) in [5.41, 5.74) is 1.74. The van der Waals surface area contributed by atoms with Gasteiger partial charge in [-0.1, -0.05) is 18.2 Å². The van der Waals surface area contributed by atoms with E-state index in [0.717, 1.165) is 30.6 Å². The van der Waals surface area contributed by atoms with E-state index in [0.29, 0.717) is 0 Å². The van der Waals surface area contributed by atoms with Gasteiger partial charge in [0.15, 0.2) is 0 Å². The lowest BCUT2D eigenvalue weighted by Gasteiger charge is -2.19. The Hall–Kier alpha value is -1.75. The molecule has 0 saturated carbocycles. The maximum atomic E-state index is 8.95. The van der Waals surface area contributed by atoms with E-state index in [-0.39, 0.29) is 0 Å². The van der Waals surface area contributed by atoms with Gasteiger partial charge in [0.1, 0.15) is 6.07 Å². The lowest BCUT2D eigenvalue weighted by Crippen LogP contribution is -2.19. The molecule has 0 spiro atoms. The van der Waals surface area contributed by atoms with Gasteiger partial charge in [0.25, 0.3) is 0 Å². The average Bonchev–Trinajstić information content (AvgIpc) is 2.29. The summed E-state index contributed by atoms with van der Waals surface area (Å²) in [6.45, 7) is 4.64. The van der Waals surface area contributed by atoms with Gasteiger partial charge in [0.2, 0.25) is 0 Å². The van der Waals surface area contributed by atoms with Crippen molar-refractivity contribution in [3.63, 3.8) is 0 Å². The second kappa shape index (κ2) is 5.87. The summed E-state index contributed by atoms with van der Waals surface area (Å²) >= 11 is 0. The molecule has 15 heavy (non-hydrogen) atoms. The number of hydrogen-bond acceptors (Lipinski definition) is 2. The van der Waals surface area contributed by atoms with E-state index in [9.17, 15) is 0 Å². The first-order valence-electron chi connectivity index (χ1n) is 5.10. The van der Waals surface area contributed by atoms with E-state index in [1.54, 1.807) is 0 Å². The molecule has 0 bridgehead atoms. The summed E-state index contributed by atoms with van der Waals surface area (Å²) in [5.74, 6) is 0. The standard InChI is InChI=1S/C13H16N2/c1-3-4-7-10-15(2)13-9-6-5-8-12(13)11-14/h3,5-6,8-9H,1,4,7,10H2,2H3. The molecule has 1 aromatic rings. The number of nitrogens with zero attached hydrogens (tertiary/aromatic N) is 2. The molecule has 0 aliphatic carbocycles. The maximum absolute atomic E-state index is 8.95. The van der Waals surface area contributed by atoms with Gasteiger partial charge in [0, 0.05) is 13.6 Å². The molecule has 1 aromatic carbocycles. The molecule has 0 aliphatic rings. The van der Waals surface area contributed by atoms with Crippen LogP contribution < -0.4 is 4.90 Å². The Labute approximate surface area is 91.4 Å².